The second kappa shape index (κ2) is 3.95. The molecule has 1 rings (SSSR count). The molecule has 0 spiro atoms. The van der Waals surface area contributed by atoms with Crippen LogP contribution in [0.5, 0.6) is 5.75 Å². The van der Waals surface area contributed by atoms with Gasteiger partial charge in [-0.15, -0.1) is 13.2 Å². The third-order valence-corrected chi connectivity index (χ3v) is 2.63. The number of ether oxygens (including phenoxy) is 1. The van der Waals surface area contributed by atoms with E-state index in [1.807, 2.05) is 0 Å². The van der Waals surface area contributed by atoms with Crippen molar-refractivity contribution in [1.82, 2.24) is 0 Å². The van der Waals surface area contributed by atoms with E-state index in [-0.39, 0.29) is 5.56 Å². The lowest BCUT2D eigenvalue weighted by atomic mass is 10.2. The van der Waals surface area contributed by atoms with Gasteiger partial charge in [-0.25, -0.2) is 13.6 Å². The van der Waals surface area contributed by atoms with Crippen molar-refractivity contribution >= 4 is 10.0 Å². The van der Waals surface area contributed by atoms with Crippen LogP contribution in [-0.2, 0) is 10.0 Å². The van der Waals surface area contributed by atoms with Gasteiger partial charge in [0.1, 0.15) is 4.90 Å². The maximum absolute atomic E-state index is 12.0. The molecular weight excluding hydrogens is 247 g/mol. The third-order valence-electron chi connectivity index (χ3n) is 1.70. The zero-order valence-electron chi connectivity index (χ0n) is 8.08. The average molecular weight is 255 g/mol. The molecule has 90 valence electrons. The summed E-state index contributed by atoms with van der Waals surface area (Å²) in [6, 6.07) is 3.51. The van der Waals surface area contributed by atoms with Crippen LogP contribution in [0, 0.1) is 6.92 Å². The molecule has 0 aromatic heterocycles. The molecule has 16 heavy (non-hydrogen) atoms. The summed E-state index contributed by atoms with van der Waals surface area (Å²) in [5.41, 5.74) is 0.0313. The first-order valence-electron chi connectivity index (χ1n) is 3.99. The first-order chi connectivity index (χ1) is 7.11. The van der Waals surface area contributed by atoms with Crippen LogP contribution in [0.1, 0.15) is 5.56 Å². The van der Waals surface area contributed by atoms with E-state index in [0.717, 1.165) is 6.07 Å². The molecular formula is C8H8F3NO3S. The van der Waals surface area contributed by atoms with Crippen molar-refractivity contribution in [3.63, 3.8) is 0 Å². The van der Waals surface area contributed by atoms with E-state index in [4.69, 9.17) is 5.14 Å². The van der Waals surface area contributed by atoms with Crippen LogP contribution in [-0.4, -0.2) is 14.8 Å². The molecule has 4 nitrogen and oxygen atoms in total. The number of alkyl halides is 3. The number of aryl methyl sites for hydroxylation is 1. The fourth-order valence-corrected chi connectivity index (χ4v) is 1.83. The van der Waals surface area contributed by atoms with E-state index in [1.54, 1.807) is 0 Å². The van der Waals surface area contributed by atoms with Gasteiger partial charge in [0, 0.05) is 0 Å². The highest BCUT2D eigenvalue weighted by atomic mass is 32.2. The van der Waals surface area contributed by atoms with E-state index >= 15 is 0 Å². The van der Waals surface area contributed by atoms with Gasteiger partial charge in [-0.3, -0.25) is 0 Å². The summed E-state index contributed by atoms with van der Waals surface area (Å²) >= 11 is 0. The van der Waals surface area contributed by atoms with Crippen molar-refractivity contribution in [2.75, 3.05) is 0 Å². The fourth-order valence-electron chi connectivity index (χ4n) is 1.10. The monoisotopic (exact) mass is 255 g/mol. The van der Waals surface area contributed by atoms with Crippen molar-refractivity contribution in [3.05, 3.63) is 23.8 Å². The van der Waals surface area contributed by atoms with Crippen molar-refractivity contribution in [3.8, 4) is 5.75 Å². The number of halogens is 3. The number of para-hydroxylation sites is 1. The lowest BCUT2D eigenvalue weighted by molar-refractivity contribution is -0.275. The van der Waals surface area contributed by atoms with Crippen LogP contribution in [0.15, 0.2) is 23.1 Å². The SMILES string of the molecule is Cc1cccc(S(N)(=O)=O)c1OC(F)(F)F. The van der Waals surface area contributed by atoms with E-state index in [2.05, 4.69) is 4.74 Å². The summed E-state index contributed by atoms with van der Waals surface area (Å²) in [5.74, 6) is -0.794. The van der Waals surface area contributed by atoms with Crippen LogP contribution in [0.2, 0.25) is 0 Å². The summed E-state index contributed by atoms with van der Waals surface area (Å²) < 4.78 is 61.8. The quantitative estimate of drug-likeness (QED) is 0.871. The van der Waals surface area contributed by atoms with Crippen LogP contribution in [0.4, 0.5) is 13.2 Å². The Bertz CT molecular complexity index is 496. The first kappa shape index (κ1) is 12.8. The van der Waals surface area contributed by atoms with Crippen LogP contribution in [0.3, 0.4) is 0 Å². The minimum Gasteiger partial charge on any atom is -0.404 e. The Morgan fingerprint density at radius 2 is 1.88 bits per heavy atom. The molecule has 0 aliphatic rings. The molecule has 0 radical (unpaired) electrons. The molecule has 0 amide bonds. The molecule has 0 saturated carbocycles. The normalized spacial score (nSPS) is 12.6. The highest BCUT2D eigenvalue weighted by Gasteiger charge is 2.34. The van der Waals surface area contributed by atoms with Gasteiger partial charge in [0.2, 0.25) is 10.0 Å². The molecule has 0 aliphatic carbocycles. The third kappa shape index (κ3) is 3.11. The zero-order chi connectivity index (χ0) is 12.6. The van der Waals surface area contributed by atoms with Crippen LogP contribution in [0.25, 0.3) is 0 Å². The molecule has 1 aromatic rings. The van der Waals surface area contributed by atoms with Gasteiger partial charge in [-0.05, 0) is 18.6 Å². The minimum absolute atomic E-state index is 0.0313. The molecule has 0 saturated heterocycles. The predicted octanol–water partition coefficient (Wildman–Crippen LogP) is 1.54. The Kier molecular flexibility index (Phi) is 3.15. The van der Waals surface area contributed by atoms with Gasteiger partial charge in [0.05, 0.1) is 0 Å². The molecule has 0 atom stereocenters. The van der Waals surface area contributed by atoms with E-state index < -0.39 is 27.0 Å². The lowest BCUT2D eigenvalue weighted by Gasteiger charge is -2.14. The highest BCUT2D eigenvalue weighted by Crippen LogP contribution is 2.31. The standard InChI is InChI=1S/C8H8F3NO3S/c1-5-3-2-4-6(16(12,13)14)7(5)15-8(9,10)11/h2-4H,1H3,(H2,12,13,14). The molecule has 0 aliphatic heterocycles. The zero-order valence-corrected chi connectivity index (χ0v) is 8.89. The van der Waals surface area contributed by atoms with Crippen LogP contribution >= 0.6 is 0 Å². The Labute approximate surface area is 89.9 Å². The predicted molar refractivity (Wildman–Crippen MR) is 49.2 cm³/mol. The summed E-state index contributed by atoms with van der Waals surface area (Å²) in [5, 5.41) is 4.77. The largest absolute Gasteiger partial charge is 0.573 e. The number of rotatable bonds is 2. The summed E-state index contributed by atoms with van der Waals surface area (Å²) in [4.78, 5) is -0.690. The summed E-state index contributed by atoms with van der Waals surface area (Å²) in [7, 11) is -4.25. The van der Waals surface area contributed by atoms with Gasteiger partial charge in [0.25, 0.3) is 0 Å². The minimum atomic E-state index is -4.97. The topological polar surface area (TPSA) is 69.4 Å². The first-order valence-corrected chi connectivity index (χ1v) is 5.54. The number of sulfonamides is 1. The van der Waals surface area contributed by atoms with Crippen molar-refractivity contribution in [1.29, 1.82) is 0 Å². The van der Waals surface area contributed by atoms with Gasteiger partial charge < -0.3 is 4.74 Å². The molecule has 0 fully saturated rings. The van der Waals surface area contributed by atoms with Gasteiger partial charge in [-0.1, -0.05) is 12.1 Å². The molecule has 0 bridgehead atoms. The molecule has 0 unspecified atom stereocenters. The highest BCUT2D eigenvalue weighted by molar-refractivity contribution is 7.89. The van der Waals surface area contributed by atoms with Gasteiger partial charge >= 0.3 is 6.36 Å². The second-order valence-corrected chi connectivity index (χ2v) is 4.52. The van der Waals surface area contributed by atoms with Gasteiger partial charge in [0.15, 0.2) is 5.75 Å². The Morgan fingerprint density at radius 1 is 1.31 bits per heavy atom. The van der Waals surface area contributed by atoms with Crippen LogP contribution < -0.4 is 9.88 Å². The van der Waals surface area contributed by atoms with E-state index in [1.165, 1.54) is 19.1 Å². The number of benzene rings is 1. The van der Waals surface area contributed by atoms with E-state index in [9.17, 15) is 21.6 Å². The molecule has 0 heterocycles. The van der Waals surface area contributed by atoms with Crippen molar-refractivity contribution in [2.45, 2.75) is 18.2 Å². The average Bonchev–Trinajstić information content (AvgIpc) is 2.04. The Morgan fingerprint density at radius 3 is 2.31 bits per heavy atom. The maximum Gasteiger partial charge on any atom is 0.573 e. The number of hydrogen-bond donors (Lipinski definition) is 1. The summed E-state index contributed by atoms with van der Waals surface area (Å²) in [6.45, 7) is 1.29. The number of hydrogen-bond acceptors (Lipinski definition) is 3. The Balaban J connectivity index is 3.36. The molecule has 8 heteroatoms. The number of primary sulfonamides is 1. The van der Waals surface area contributed by atoms with Crippen molar-refractivity contribution < 1.29 is 26.3 Å². The maximum atomic E-state index is 12.0. The molecule has 1 aromatic carbocycles. The fraction of sp³-hybridized carbons (Fsp3) is 0.250. The second-order valence-electron chi connectivity index (χ2n) is 2.99. The lowest BCUT2D eigenvalue weighted by Crippen LogP contribution is -2.21. The Hall–Kier alpha value is -1.28. The smallest absolute Gasteiger partial charge is 0.404 e. The molecule has 2 N–H and O–H groups in total. The van der Waals surface area contributed by atoms with Crippen molar-refractivity contribution in [2.24, 2.45) is 5.14 Å². The summed E-state index contributed by atoms with van der Waals surface area (Å²) in [6.07, 6.45) is -4.97. The number of nitrogens with two attached hydrogens (primary N) is 1. The van der Waals surface area contributed by atoms with E-state index in [0.29, 0.717) is 0 Å². The van der Waals surface area contributed by atoms with Gasteiger partial charge in [-0.2, -0.15) is 0 Å².